The minimum absolute atomic E-state index is 0.0370. The average Bonchev–Trinajstić information content (AvgIpc) is 2.13. The van der Waals surface area contributed by atoms with Gasteiger partial charge in [0.05, 0.1) is 6.10 Å². The molecule has 0 saturated heterocycles. The summed E-state index contributed by atoms with van der Waals surface area (Å²) in [6.07, 6.45) is 0.775. The molecule has 1 nitrogen and oxygen atoms in total. The lowest BCUT2D eigenvalue weighted by molar-refractivity contribution is 0.143. The quantitative estimate of drug-likeness (QED) is 0.494. The molecule has 2 rings (SSSR count). The van der Waals surface area contributed by atoms with Crippen LogP contribution in [0.3, 0.4) is 0 Å². The Bertz CT molecular complexity index is 113. The van der Waals surface area contributed by atoms with Gasteiger partial charge in [0.1, 0.15) is 6.17 Å². The molecule has 0 heterocycles. The lowest BCUT2D eigenvalue weighted by atomic mass is 10.2. The molecule has 0 aromatic rings. The van der Waals surface area contributed by atoms with E-state index < -0.39 is 6.17 Å². The number of hydrogen-bond acceptors (Lipinski definition) is 1. The van der Waals surface area contributed by atoms with Crippen molar-refractivity contribution in [2.75, 3.05) is 0 Å². The fourth-order valence-corrected chi connectivity index (χ4v) is 1.76. The number of aliphatic hydroxyl groups excluding tert-OH is 1. The summed E-state index contributed by atoms with van der Waals surface area (Å²) in [5.74, 6) is 0.278. The van der Waals surface area contributed by atoms with Crippen molar-refractivity contribution in [3.63, 3.8) is 0 Å². The van der Waals surface area contributed by atoms with Crippen LogP contribution < -0.4 is 0 Å². The zero-order valence-corrected chi connectivity index (χ0v) is 4.55. The summed E-state index contributed by atoms with van der Waals surface area (Å²) >= 11 is 0. The van der Waals surface area contributed by atoms with Gasteiger partial charge in [-0.15, -0.1) is 0 Å². The van der Waals surface area contributed by atoms with Crippen molar-refractivity contribution in [3.05, 3.63) is 0 Å². The van der Waals surface area contributed by atoms with Crippen molar-refractivity contribution in [3.8, 4) is 0 Å². The van der Waals surface area contributed by atoms with Gasteiger partial charge in [0, 0.05) is 5.92 Å². The lowest BCUT2D eigenvalue weighted by Crippen LogP contribution is -2.06. The summed E-state index contributed by atoms with van der Waals surface area (Å²) in [5.41, 5.74) is 0. The van der Waals surface area contributed by atoms with E-state index in [2.05, 4.69) is 0 Å². The van der Waals surface area contributed by atoms with E-state index in [0.717, 1.165) is 12.8 Å². The number of alkyl halides is 1. The number of hydrogen-bond donors (Lipinski definition) is 1. The summed E-state index contributed by atoms with van der Waals surface area (Å²) in [7, 11) is 0. The molecule has 46 valence electrons. The van der Waals surface area contributed by atoms with Crippen LogP contribution in [0.4, 0.5) is 4.39 Å². The highest BCUT2D eigenvalue weighted by Crippen LogP contribution is 2.53. The van der Waals surface area contributed by atoms with Gasteiger partial charge in [-0.2, -0.15) is 0 Å². The normalized spacial score (nSPS) is 60.8. The van der Waals surface area contributed by atoms with E-state index >= 15 is 0 Å². The molecule has 0 aromatic carbocycles. The number of aliphatic hydroxyl groups is 1. The van der Waals surface area contributed by atoms with Crippen molar-refractivity contribution in [2.24, 2.45) is 11.8 Å². The molecule has 4 atom stereocenters. The van der Waals surface area contributed by atoms with E-state index in [1.165, 1.54) is 0 Å². The van der Waals surface area contributed by atoms with E-state index in [-0.39, 0.29) is 17.9 Å². The first-order valence-corrected chi connectivity index (χ1v) is 3.13. The smallest absolute Gasteiger partial charge is 0.109 e. The van der Waals surface area contributed by atoms with Gasteiger partial charge in [-0.05, 0) is 18.8 Å². The first kappa shape index (κ1) is 4.74. The molecular formula is C6H9FO. The van der Waals surface area contributed by atoms with E-state index in [1.807, 2.05) is 0 Å². The zero-order chi connectivity index (χ0) is 5.72. The van der Waals surface area contributed by atoms with Crippen LogP contribution in [0.2, 0.25) is 0 Å². The first-order valence-electron chi connectivity index (χ1n) is 3.13. The van der Waals surface area contributed by atoms with Gasteiger partial charge < -0.3 is 5.11 Å². The van der Waals surface area contributed by atoms with Crippen LogP contribution in [-0.4, -0.2) is 17.4 Å². The van der Waals surface area contributed by atoms with Crippen molar-refractivity contribution in [1.29, 1.82) is 0 Å². The Balaban J connectivity index is 2.07. The Morgan fingerprint density at radius 3 is 2.38 bits per heavy atom. The van der Waals surface area contributed by atoms with Gasteiger partial charge in [-0.3, -0.25) is 0 Å². The molecule has 0 aromatic heterocycles. The van der Waals surface area contributed by atoms with Crippen LogP contribution in [0.15, 0.2) is 0 Å². The molecule has 0 bridgehead atoms. The Labute approximate surface area is 47.5 Å². The fourth-order valence-electron chi connectivity index (χ4n) is 1.76. The average molecular weight is 116 g/mol. The second kappa shape index (κ2) is 1.24. The van der Waals surface area contributed by atoms with Gasteiger partial charge in [-0.25, -0.2) is 4.39 Å². The highest BCUT2D eigenvalue weighted by Gasteiger charge is 2.58. The Hall–Kier alpha value is -0.110. The molecule has 0 amide bonds. The third-order valence-corrected chi connectivity index (χ3v) is 2.37. The highest BCUT2D eigenvalue weighted by molar-refractivity contribution is 5.06. The molecular weight excluding hydrogens is 107 g/mol. The van der Waals surface area contributed by atoms with Crippen molar-refractivity contribution >= 4 is 0 Å². The van der Waals surface area contributed by atoms with E-state index in [4.69, 9.17) is 5.11 Å². The van der Waals surface area contributed by atoms with Crippen molar-refractivity contribution in [2.45, 2.75) is 25.1 Å². The Morgan fingerprint density at radius 2 is 2.12 bits per heavy atom. The molecule has 0 aliphatic heterocycles. The largest absolute Gasteiger partial charge is 0.393 e. The minimum atomic E-state index is -0.654. The topological polar surface area (TPSA) is 20.2 Å². The van der Waals surface area contributed by atoms with Crippen molar-refractivity contribution < 1.29 is 9.50 Å². The fraction of sp³-hybridized carbons (Fsp3) is 1.00. The minimum Gasteiger partial charge on any atom is -0.393 e. The van der Waals surface area contributed by atoms with Gasteiger partial charge >= 0.3 is 0 Å². The zero-order valence-electron chi connectivity index (χ0n) is 4.55. The number of rotatable bonds is 0. The van der Waals surface area contributed by atoms with Crippen LogP contribution in [0.25, 0.3) is 0 Å². The second-order valence-corrected chi connectivity index (χ2v) is 2.83. The van der Waals surface area contributed by atoms with Crippen LogP contribution in [0, 0.1) is 11.8 Å². The van der Waals surface area contributed by atoms with E-state index in [0.29, 0.717) is 0 Å². The maximum Gasteiger partial charge on any atom is 0.109 e. The van der Waals surface area contributed by atoms with E-state index in [1.54, 1.807) is 0 Å². The molecule has 0 radical (unpaired) electrons. The second-order valence-electron chi connectivity index (χ2n) is 2.83. The molecule has 2 saturated carbocycles. The molecule has 2 fully saturated rings. The molecule has 2 aliphatic rings. The standard InChI is InChI=1S/C6H9FO/c7-6-3-1-2-4(8)5(3)6/h3-6,8H,1-2H2/t3?,4-,5?,6?/m0/s1. The van der Waals surface area contributed by atoms with Crippen LogP contribution in [0.1, 0.15) is 12.8 Å². The summed E-state index contributed by atoms with van der Waals surface area (Å²) in [6.45, 7) is 0. The van der Waals surface area contributed by atoms with E-state index in [9.17, 15) is 4.39 Å². The van der Waals surface area contributed by atoms with Crippen LogP contribution in [-0.2, 0) is 0 Å². The molecule has 0 spiro atoms. The van der Waals surface area contributed by atoms with Gasteiger partial charge in [0.25, 0.3) is 0 Å². The third-order valence-electron chi connectivity index (χ3n) is 2.37. The van der Waals surface area contributed by atoms with Crippen LogP contribution >= 0.6 is 0 Å². The maximum atomic E-state index is 12.3. The molecule has 2 heteroatoms. The summed E-state index contributed by atoms with van der Waals surface area (Å²) in [6, 6.07) is 0. The maximum absolute atomic E-state index is 12.3. The predicted octanol–water partition coefficient (Wildman–Crippen LogP) is 0.725. The summed E-state index contributed by atoms with van der Waals surface area (Å²) < 4.78 is 12.3. The third kappa shape index (κ3) is 0.395. The van der Waals surface area contributed by atoms with Gasteiger partial charge in [0.2, 0.25) is 0 Å². The molecule has 2 aliphatic carbocycles. The highest BCUT2D eigenvalue weighted by atomic mass is 19.1. The lowest BCUT2D eigenvalue weighted by Gasteiger charge is -2.00. The Kier molecular flexibility index (Phi) is 0.734. The van der Waals surface area contributed by atoms with Gasteiger partial charge in [-0.1, -0.05) is 0 Å². The SMILES string of the molecule is O[C@H]1CCC2C(F)C21. The molecule has 3 unspecified atom stereocenters. The summed E-state index contributed by atoms with van der Waals surface area (Å²) in [5, 5.41) is 8.97. The number of fused-ring (bicyclic) bond motifs is 1. The monoisotopic (exact) mass is 116 g/mol. The Morgan fingerprint density at radius 1 is 1.38 bits per heavy atom. The van der Waals surface area contributed by atoms with Crippen LogP contribution in [0.5, 0.6) is 0 Å². The molecule has 8 heavy (non-hydrogen) atoms. The van der Waals surface area contributed by atoms with Gasteiger partial charge in [0.15, 0.2) is 0 Å². The number of halogens is 1. The predicted molar refractivity (Wildman–Crippen MR) is 27.1 cm³/mol. The van der Waals surface area contributed by atoms with Crippen molar-refractivity contribution in [1.82, 2.24) is 0 Å². The summed E-state index contributed by atoms with van der Waals surface area (Å²) in [4.78, 5) is 0. The first-order chi connectivity index (χ1) is 3.80. The molecule has 1 N–H and O–H groups in total.